The quantitative estimate of drug-likeness (QED) is 0.833. The molecule has 0 spiro atoms. The fraction of sp³-hybridized carbons (Fsp3) is 0.474. The Hall–Kier alpha value is -2.18. The highest BCUT2D eigenvalue weighted by Crippen LogP contribution is 2.13. The van der Waals surface area contributed by atoms with Gasteiger partial charge >= 0.3 is 0 Å². The number of rotatable bonds is 5. The van der Waals surface area contributed by atoms with Crippen LogP contribution in [0, 0.1) is 0 Å². The van der Waals surface area contributed by atoms with Crippen molar-refractivity contribution in [3.05, 3.63) is 53.3 Å². The van der Waals surface area contributed by atoms with E-state index in [0.717, 1.165) is 31.8 Å². The molecule has 0 saturated carbocycles. The van der Waals surface area contributed by atoms with E-state index in [1.54, 1.807) is 15.8 Å². The molecular formula is C19H26N4O2. The van der Waals surface area contributed by atoms with Gasteiger partial charge in [-0.15, -0.1) is 0 Å². The molecule has 134 valence electrons. The van der Waals surface area contributed by atoms with E-state index in [2.05, 4.69) is 16.9 Å². The zero-order valence-corrected chi connectivity index (χ0v) is 15.2. The summed E-state index contributed by atoms with van der Waals surface area (Å²) in [5, 5.41) is 4.14. The van der Waals surface area contributed by atoms with Crippen LogP contribution in [0.4, 0.5) is 0 Å². The van der Waals surface area contributed by atoms with Gasteiger partial charge in [0.2, 0.25) is 0 Å². The van der Waals surface area contributed by atoms with Gasteiger partial charge in [-0.25, -0.2) is 0 Å². The Morgan fingerprint density at radius 3 is 2.72 bits per heavy atom. The van der Waals surface area contributed by atoms with Crippen LogP contribution >= 0.6 is 0 Å². The molecule has 1 aromatic carbocycles. The maximum atomic E-state index is 12.6. The maximum absolute atomic E-state index is 12.6. The van der Waals surface area contributed by atoms with Crippen LogP contribution in [0.25, 0.3) is 0 Å². The number of aryl methyl sites for hydroxylation is 1. The number of hydrogen-bond acceptors (Lipinski definition) is 4. The molecule has 0 aliphatic carbocycles. The lowest BCUT2D eigenvalue weighted by Gasteiger charge is -2.31. The number of hydrogen-bond donors (Lipinski definition) is 0. The minimum absolute atomic E-state index is 0.0235. The summed E-state index contributed by atoms with van der Waals surface area (Å²) >= 11 is 0. The number of amides is 1. The van der Waals surface area contributed by atoms with Crippen molar-refractivity contribution in [1.82, 2.24) is 19.6 Å². The summed E-state index contributed by atoms with van der Waals surface area (Å²) in [6.07, 6.45) is 4.00. The molecule has 0 bridgehead atoms. The van der Waals surface area contributed by atoms with Crippen LogP contribution in [0.2, 0.25) is 0 Å². The lowest BCUT2D eigenvalue weighted by atomic mass is 10.1. The number of aromatic nitrogens is 2. The van der Waals surface area contributed by atoms with Crippen molar-refractivity contribution in [3.63, 3.8) is 0 Å². The predicted octanol–water partition coefficient (Wildman–Crippen LogP) is 1.91. The van der Waals surface area contributed by atoms with E-state index in [1.807, 2.05) is 44.6 Å². The lowest BCUT2D eigenvalue weighted by molar-refractivity contribution is -0.0212. The smallest absolute Gasteiger partial charge is 0.253 e. The summed E-state index contributed by atoms with van der Waals surface area (Å²) in [6, 6.07) is 7.93. The molecule has 3 rings (SSSR count). The van der Waals surface area contributed by atoms with E-state index in [-0.39, 0.29) is 12.0 Å². The fourth-order valence-electron chi connectivity index (χ4n) is 3.16. The minimum atomic E-state index is 0.0235. The highest BCUT2D eigenvalue weighted by Gasteiger charge is 2.17. The normalized spacial score (nSPS) is 18.3. The van der Waals surface area contributed by atoms with Gasteiger partial charge in [-0.2, -0.15) is 5.10 Å². The second kappa shape index (κ2) is 7.80. The molecule has 6 heteroatoms. The zero-order valence-electron chi connectivity index (χ0n) is 15.2. The third kappa shape index (κ3) is 4.67. The minimum Gasteiger partial charge on any atom is -0.376 e. The van der Waals surface area contributed by atoms with Crippen LogP contribution in [0.15, 0.2) is 36.7 Å². The monoisotopic (exact) mass is 342 g/mol. The van der Waals surface area contributed by atoms with Crippen molar-refractivity contribution in [2.75, 3.05) is 26.7 Å². The molecule has 1 amide bonds. The van der Waals surface area contributed by atoms with Gasteiger partial charge < -0.3 is 9.64 Å². The van der Waals surface area contributed by atoms with Crippen molar-refractivity contribution in [1.29, 1.82) is 0 Å². The van der Waals surface area contributed by atoms with Crippen LogP contribution < -0.4 is 0 Å². The predicted molar refractivity (Wildman–Crippen MR) is 96.1 cm³/mol. The first-order chi connectivity index (χ1) is 12.0. The fourth-order valence-corrected chi connectivity index (χ4v) is 3.16. The SMILES string of the molecule is C[C@@H]1CN(Cc2ccc(C(=O)N(C)Cc3cnn(C)c3)cc2)CCO1. The summed E-state index contributed by atoms with van der Waals surface area (Å²) in [5.41, 5.74) is 2.96. The molecule has 0 radical (unpaired) electrons. The van der Waals surface area contributed by atoms with E-state index in [1.165, 1.54) is 5.56 Å². The van der Waals surface area contributed by atoms with E-state index < -0.39 is 0 Å². The highest BCUT2D eigenvalue weighted by atomic mass is 16.5. The first-order valence-electron chi connectivity index (χ1n) is 8.67. The number of nitrogens with zero attached hydrogens (tertiary/aromatic N) is 4. The number of carbonyl (C=O) groups is 1. The average Bonchev–Trinajstić information content (AvgIpc) is 3.00. The molecule has 0 N–H and O–H groups in total. The van der Waals surface area contributed by atoms with E-state index >= 15 is 0 Å². The third-order valence-electron chi connectivity index (χ3n) is 4.46. The molecule has 1 saturated heterocycles. The standard InChI is InChI=1S/C19H26N4O2/c1-15-11-23(8-9-25-15)14-16-4-6-18(7-5-16)19(24)21(2)12-17-10-20-22(3)13-17/h4-7,10,13,15H,8-9,11-12,14H2,1-3H3/t15-/m1/s1. The molecule has 1 aliphatic rings. The first kappa shape index (κ1) is 17.6. The highest BCUT2D eigenvalue weighted by molar-refractivity contribution is 5.94. The molecule has 6 nitrogen and oxygen atoms in total. The molecule has 25 heavy (non-hydrogen) atoms. The summed E-state index contributed by atoms with van der Waals surface area (Å²) in [5.74, 6) is 0.0235. The van der Waals surface area contributed by atoms with Gasteiger partial charge in [0, 0.05) is 57.6 Å². The topological polar surface area (TPSA) is 50.6 Å². The van der Waals surface area contributed by atoms with Crippen molar-refractivity contribution in [2.45, 2.75) is 26.1 Å². The third-order valence-corrected chi connectivity index (χ3v) is 4.46. The van der Waals surface area contributed by atoms with E-state index in [9.17, 15) is 4.79 Å². The van der Waals surface area contributed by atoms with Crippen molar-refractivity contribution < 1.29 is 9.53 Å². The van der Waals surface area contributed by atoms with Crippen LogP contribution in [-0.4, -0.2) is 58.3 Å². The summed E-state index contributed by atoms with van der Waals surface area (Å²) in [4.78, 5) is 16.7. The molecule has 1 fully saturated rings. The molecule has 0 unspecified atom stereocenters. The van der Waals surface area contributed by atoms with Gasteiger partial charge in [0.25, 0.3) is 5.91 Å². The maximum Gasteiger partial charge on any atom is 0.253 e. The largest absolute Gasteiger partial charge is 0.376 e. The van der Waals surface area contributed by atoms with Crippen LogP contribution in [0.5, 0.6) is 0 Å². The Morgan fingerprint density at radius 2 is 2.08 bits per heavy atom. The van der Waals surface area contributed by atoms with Crippen LogP contribution in [0.3, 0.4) is 0 Å². The van der Waals surface area contributed by atoms with Gasteiger partial charge in [0.05, 0.1) is 18.9 Å². The van der Waals surface area contributed by atoms with Gasteiger partial charge in [-0.05, 0) is 24.6 Å². The summed E-state index contributed by atoms with van der Waals surface area (Å²) < 4.78 is 7.32. The molecule has 1 aromatic heterocycles. The number of morpholine rings is 1. The molecule has 2 aromatic rings. The molecule has 2 heterocycles. The summed E-state index contributed by atoms with van der Waals surface area (Å²) in [6.45, 7) is 6.25. The van der Waals surface area contributed by atoms with E-state index in [0.29, 0.717) is 12.1 Å². The van der Waals surface area contributed by atoms with Crippen molar-refractivity contribution in [2.24, 2.45) is 7.05 Å². The number of benzene rings is 1. The summed E-state index contributed by atoms with van der Waals surface area (Å²) in [7, 11) is 3.69. The van der Waals surface area contributed by atoms with Crippen LogP contribution in [0.1, 0.15) is 28.4 Å². The van der Waals surface area contributed by atoms with Gasteiger partial charge in [0.1, 0.15) is 0 Å². The van der Waals surface area contributed by atoms with E-state index in [4.69, 9.17) is 4.74 Å². The van der Waals surface area contributed by atoms with Gasteiger partial charge in [0.15, 0.2) is 0 Å². The molecular weight excluding hydrogens is 316 g/mol. The first-order valence-corrected chi connectivity index (χ1v) is 8.67. The molecule has 1 aliphatic heterocycles. The van der Waals surface area contributed by atoms with Gasteiger partial charge in [-0.3, -0.25) is 14.4 Å². The van der Waals surface area contributed by atoms with Crippen molar-refractivity contribution in [3.8, 4) is 0 Å². The Balaban J connectivity index is 1.58. The average molecular weight is 342 g/mol. The molecule has 1 atom stereocenters. The zero-order chi connectivity index (χ0) is 17.8. The second-order valence-corrected chi connectivity index (χ2v) is 6.80. The van der Waals surface area contributed by atoms with Gasteiger partial charge in [-0.1, -0.05) is 12.1 Å². The Labute approximate surface area is 149 Å². The lowest BCUT2D eigenvalue weighted by Crippen LogP contribution is -2.40. The van der Waals surface area contributed by atoms with Crippen LogP contribution in [-0.2, 0) is 24.9 Å². The Morgan fingerprint density at radius 1 is 1.32 bits per heavy atom. The Bertz CT molecular complexity index is 710. The van der Waals surface area contributed by atoms with Crippen molar-refractivity contribution >= 4 is 5.91 Å². The number of ether oxygens (including phenoxy) is 1. The second-order valence-electron chi connectivity index (χ2n) is 6.80. The Kier molecular flexibility index (Phi) is 5.50. The number of carbonyl (C=O) groups excluding carboxylic acids is 1.